The van der Waals surface area contributed by atoms with Gasteiger partial charge < -0.3 is 5.73 Å². The Hall–Kier alpha value is -4.51. The molecule has 2 aromatic heterocycles. The normalized spacial score (nSPS) is 11.7. The molecule has 0 aliphatic heterocycles. The van der Waals surface area contributed by atoms with Gasteiger partial charge >= 0.3 is 0 Å². The van der Waals surface area contributed by atoms with E-state index >= 15 is 0 Å². The minimum absolute atomic E-state index is 0.0401. The van der Waals surface area contributed by atoms with Gasteiger partial charge in [-0.25, -0.2) is 10.1 Å². The summed E-state index contributed by atoms with van der Waals surface area (Å²) in [6.45, 7) is 3.87. The first-order valence-corrected chi connectivity index (χ1v) is 12.0. The number of nitrogens with one attached hydrogen (secondary N) is 1. The first-order valence-electron chi connectivity index (χ1n) is 11.1. The second-order valence-corrected chi connectivity index (χ2v) is 9.08. The molecule has 0 aliphatic carbocycles. The zero-order valence-corrected chi connectivity index (χ0v) is 20.4. The second-order valence-electron chi connectivity index (χ2n) is 8.04. The van der Waals surface area contributed by atoms with Crippen LogP contribution in [0.25, 0.3) is 16.6 Å². The Morgan fingerprint density at radius 1 is 1.08 bits per heavy atom. The van der Waals surface area contributed by atoms with Crippen molar-refractivity contribution in [2.75, 3.05) is 5.73 Å². The van der Waals surface area contributed by atoms with Crippen LogP contribution >= 0.6 is 11.8 Å². The molecule has 0 radical (unpaired) electrons. The maximum atomic E-state index is 13.2. The van der Waals surface area contributed by atoms with Crippen LogP contribution in [0.1, 0.15) is 34.2 Å². The van der Waals surface area contributed by atoms with Gasteiger partial charge in [-0.05, 0) is 47.1 Å². The van der Waals surface area contributed by atoms with E-state index in [-0.39, 0.29) is 17.3 Å². The first-order chi connectivity index (χ1) is 17.5. The van der Waals surface area contributed by atoms with Crippen LogP contribution in [0.15, 0.2) is 81.4 Å². The van der Waals surface area contributed by atoms with E-state index in [2.05, 4.69) is 31.2 Å². The Labute approximate surface area is 210 Å². The Morgan fingerprint density at radius 2 is 1.86 bits per heavy atom. The second kappa shape index (κ2) is 10.0. The number of nitrogen functional groups attached to an aromatic ring is 1. The Balaban J connectivity index is 1.43. The van der Waals surface area contributed by atoms with Crippen LogP contribution in [0.5, 0.6) is 0 Å². The van der Waals surface area contributed by atoms with Crippen molar-refractivity contribution in [3.8, 4) is 5.82 Å². The van der Waals surface area contributed by atoms with Gasteiger partial charge in [0, 0.05) is 16.2 Å². The SMILES string of the molecule is CC(=NNC(=O)c1nnn(-c2nonc2N)c1CSc1ccc(C)cc1)c1cccc2ccccc12. The number of hydrogen-bond acceptors (Lipinski definition) is 9. The average Bonchev–Trinajstić information content (AvgIpc) is 3.52. The third-order valence-corrected chi connectivity index (χ3v) is 6.60. The van der Waals surface area contributed by atoms with Crippen LogP contribution in [0.3, 0.4) is 0 Å². The molecule has 11 heteroatoms. The third-order valence-electron chi connectivity index (χ3n) is 5.58. The number of aryl methyl sites for hydroxylation is 1. The quantitative estimate of drug-likeness (QED) is 0.194. The van der Waals surface area contributed by atoms with Crippen LogP contribution in [0.2, 0.25) is 0 Å². The lowest BCUT2D eigenvalue weighted by molar-refractivity contribution is 0.0949. The van der Waals surface area contributed by atoms with Crippen molar-refractivity contribution in [3.63, 3.8) is 0 Å². The predicted molar refractivity (Wildman–Crippen MR) is 138 cm³/mol. The van der Waals surface area contributed by atoms with E-state index in [4.69, 9.17) is 10.4 Å². The van der Waals surface area contributed by atoms with Crippen molar-refractivity contribution in [1.82, 2.24) is 30.7 Å². The molecule has 1 amide bonds. The van der Waals surface area contributed by atoms with Crippen molar-refractivity contribution in [1.29, 1.82) is 0 Å². The van der Waals surface area contributed by atoms with E-state index in [1.54, 1.807) is 0 Å². The summed E-state index contributed by atoms with van der Waals surface area (Å²) >= 11 is 1.52. The van der Waals surface area contributed by atoms with Crippen LogP contribution in [0, 0.1) is 6.92 Å². The molecule has 0 bridgehead atoms. The summed E-state index contributed by atoms with van der Waals surface area (Å²) in [6, 6.07) is 22.0. The molecule has 5 aromatic rings. The molecule has 0 spiro atoms. The van der Waals surface area contributed by atoms with Gasteiger partial charge in [0.25, 0.3) is 5.91 Å². The Morgan fingerprint density at radius 3 is 2.64 bits per heavy atom. The van der Waals surface area contributed by atoms with Gasteiger partial charge in [0.2, 0.25) is 11.6 Å². The van der Waals surface area contributed by atoms with Crippen LogP contribution < -0.4 is 11.2 Å². The third kappa shape index (κ3) is 4.68. The average molecular weight is 499 g/mol. The molecule has 3 N–H and O–H groups in total. The monoisotopic (exact) mass is 498 g/mol. The summed E-state index contributed by atoms with van der Waals surface area (Å²) in [4.78, 5) is 14.2. The van der Waals surface area contributed by atoms with Crippen molar-refractivity contribution < 1.29 is 9.42 Å². The van der Waals surface area contributed by atoms with Crippen LogP contribution in [-0.4, -0.2) is 36.9 Å². The van der Waals surface area contributed by atoms with Gasteiger partial charge in [-0.15, -0.1) is 16.9 Å². The minimum atomic E-state index is -0.504. The minimum Gasteiger partial charge on any atom is -0.378 e. The molecule has 0 saturated carbocycles. The molecule has 0 saturated heterocycles. The number of carbonyl (C=O) groups is 1. The number of benzene rings is 3. The topological polar surface area (TPSA) is 137 Å². The fourth-order valence-electron chi connectivity index (χ4n) is 3.69. The zero-order valence-electron chi connectivity index (χ0n) is 19.5. The maximum Gasteiger partial charge on any atom is 0.293 e. The van der Waals surface area contributed by atoms with Gasteiger partial charge in [-0.3, -0.25) is 4.79 Å². The highest BCUT2D eigenvalue weighted by Gasteiger charge is 2.24. The molecule has 2 heterocycles. The van der Waals surface area contributed by atoms with Crippen molar-refractivity contribution in [2.45, 2.75) is 24.5 Å². The Bertz CT molecular complexity index is 1570. The lowest BCUT2D eigenvalue weighted by atomic mass is 10.0. The van der Waals surface area contributed by atoms with Crippen LogP contribution in [0.4, 0.5) is 5.82 Å². The van der Waals surface area contributed by atoms with E-state index < -0.39 is 5.91 Å². The summed E-state index contributed by atoms with van der Waals surface area (Å²) in [6.07, 6.45) is 0. The number of fused-ring (bicyclic) bond motifs is 1. The number of rotatable bonds is 7. The number of carbonyl (C=O) groups excluding carboxylic acids is 1. The fraction of sp³-hybridized carbons (Fsp3) is 0.120. The standard InChI is InChI=1S/C25H22N8O2S/c1-15-10-12-18(13-11-15)36-14-21-22(28-32-33(21)24-23(26)30-35-31-24)25(34)29-27-16(2)19-9-5-7-17-6-3-4-8-20(17)19/h3-13H,14H2,1-2H3,(H2,26,30)(H,29,34). The summed E-state index contributed by atoms with van der Waals surface area (Å²) in [5, 5.41) is 22.1. The number of amides is 1. The van der Waals surface area contributed by atoms with Gasteiger partial charge in [-0.1, -0.05) is 65.4 Å². The van der Waals surface area contributed by atoms with Gasteiger partial charge in [0.15, 0.2) is 5.69 Å². The lowest BCUT2D eigenvalue weighted by Gasteiger charge is -2.08. The molecule has 0 atom stereocenters. The fourth-order valence-corrected chi connectivity index (χ4v) is 4.58. The highest BCUT2D eigenvalue weighted by molar-refractivity contribution is 7.98. The molecule has 0 unspecified atom stereocenters. The summed E-state index contributed by atoms with van der Waals surface area (Å²) in [5.74, 6) is 0.0713. The number of hydrazone groups is 1. The number of hydrogen-bond donors (Lipinski definition) is 2. The molecular weight excluding hydrogens is 476 g/mol. The molecule has 10 nitrogen and oxygen atoms in total. The lowest BCUT2D eigenvalue weighted by Crippen LogP contribution is -2.21. The van der Waals surface area contributed by atoms with E-state index in [1.165, 1.54) is 16.4 Å². The van der Waals surface area contributed by atoms with E-state index in [1.807, 2.05) is 80.6 Å². The molecule has 3 aromatic carbocycles. The zero-order chi connectivity index (χ0) is 25.1. The highest BCUT2D eigenvalue weighted by atomic mass is 32.2. The maximum absolute atomic E-state index is 13.2. The number of aromatic nitrogens is 5. The van der Waals surface area contributed by atoms with Crippen molar-refractivity contribution in [2.24, 2.45) is 5.10 Å². The molecule has 36 heavy (non-hydrogen) atoms. The molecule has 0 aliphatic rings. The van der Waals surface area contributed by atoms with E-state index in [9.17, 15) is 4.79 Å². The van der Waals surface area contributed by atoms with E-state index in [0.29, 0.717) is 17.2 Å². The number of nitrogens with zero attached hydrogens (tertiary/aromatic N) is 6. The largest absolute Gasteiger partial charge is 0.378 e. The predicted octanol–water partition coefficient (Wildman–Crippen LogP) is 4.14. The smallest absolute Gasteiger partial charge is 0.293 e. The number of thioether (sulfide) groups is 1. The highest BCUT2D eigenvalue weighted by Crippen LogP contribution is 2.26. The van der Waals surface area contributed by atoms with Gasteiger partial charge in [0.05, 0.1) is 11.4 Å². The van der Waals surface area contributed by atoms with Gasteiger partial charge in [0.1, 0.15) is 0 Å². The molecule has 5 rings (SSSR count). The van der Waals surface area contributed by atoms with E-state index in [0.717, 1.165) is 26.8 Å². The van der Waals surface area contributed by atoms with Crippen molar-refractivity contribution in [3.05, 3.63) is 89.2 Å². The van der Waals surface area contributed by atoms with Gasteiger partial charge in [-0.2, -0.15) is 9.78 Å². The number of anilines is 1. The summed E-state index contributed by atoms with van der Waals surface area (Å²) < 4.78 is 6.08. The summed E-state index contributed by atoms with van der Waals surface area (Å²) in [5.41, 5.74) is 11.8. The van der Waals surface area contributed by atoms with Crippen molar-refractivity contribution >= 4 is 40.0 Å². The molecule has 0 fully saturated rings. The molecule has 180 valence electrons. The molecular formula is C25H22N8O2S. The summed E-state index contributed by atoms with van der Waals surface area (Å²) in [7, 11) is 0. The Kier molecular flexibility index (Phi) is 6.46. The number of nitrogens with two attached hydrogens (primary N) is 1. The first kappa shape index (κ1) is 23.2. The van der Waals surface area contributed by atoms with Crippen LogP contribution in [-0.2, 0) is 5.75 Å².